The molecule has 0 saturated heterocycles. The fraction of sp³-hybridized carbons (Fsp3) is 0.167. The van der Waals surface area contributed by atoms with Crippen molar-refractivity contribution in [2.75, 3.05) is 18.5 Å². The SMILES string of the molecule is O=C(Cc1ccccc1)NCC(=O)OCC(=O)Nc1ccc(F)cc1F. The summed E-state index contributed by atoms with van der Waals surface area (Å²) in [5.74, 6) is -3.71. The van der Waals surface area contributed by atoms with Gasteiger partial charge in [-0.3, -0.25) is 14.4 Å². The summed E-state index contributed by atoms with van der Waals surface area (Å²) in [6.07, 6.45) is 0.110. The highest BCUT2D eigenvalue weighted by Gasteiger charge is 2.12. The van der Waals surface area contributed by atoms with E-state index in [4.69, 9.17) is 0 Å². The number of hydrogen-bond donors (Lipinski definition) is 2. The Morgan fingerprint density at radius 2 is 1.69 bits per heavy atom. The molecule has 0 atom stereocenters. The van der Waals surface area contributed by atoms with Crippen molar-refractivity contribution in [1.29, 1.82) is 0 Å². The number of anilines is 1. The Kier molecular flexibility index (Phi) is 6.78. The van der Waals surface area contributed by atoms with Gasteiger partial charge in [-0.15, -0.1) is 0 Å². The summed E-state index contributed by atoms with van der Waals surface area (Å²) >= 11 is 0. The average Bonchev–Trinajstić information content (AvgIpc) is 2.61. The molecule has 0 aliphatic carbocycles. The largest absolute Gasteiger partial charge is 0.454 e. The van der Waals surface area contributed by atoms with Crippen LogP contribution in [-0.4, -0.2) is 30.9 Å². The number of rotatable bonds is 7. The van der Waals surface area contributed by atoms with E-state index in [9.17, 15) is 23.2 Å². The zero-order valence-electron chi connectivity index (χ0n) is 13.6. The van der Waals surface area contributed by atoms with Gasteiger partial charge in [0.1, 0.15) is 18.2 Å². The minimum atomic E-state index is -0.946. The minimum Gasteiger partial charge on any atom is -0.454 e. The van der Waals surface area contributed by atoms with Crippen LogP contribution in [0.25, 0.3) is 0 Å². The molecule has 8 heteroatoms. The monoisotopic (exact) mass is 362 g/mol. The second kappa shape index (κ2) is 9.26. The molecule has 0 aromatic heterocycles. The zero-order chi connectivity index (χ0) is 18.9. The quantitative estimate of drug-likeness (QED) is 0.736. The lowest BCUT2D eigenvalue weighted by Gasteiger charge is -2.08. The van der Waals surface area contributed by atoms with Crippen LogP contribution < -0.4 is 10.6 Å². The summed E-state index contributed by atoms with van der Waals surface area (Å²) < 4.78 is 30.8. The highest BCUT2D eigenvalue weighted by Crippen LogP contribution is 2.14. The van der Waals surface area contributed by atoms with E-state index in [1.807, 2.05) is 6.07 Å². The molecular weight excluding hydrogens is 346 g/mol. The van der Waals surface area contributed by atoms with Gasteiger partial charge >= 0.3 is 5.97 Å². The summed E-state index contributed by atoms with van der Waals surface area (Å²) in [6.45, 7) is -1.06. The third-order valence-corrected chi connectivity index (χ3v) is 3.21. The van der Waals surface area contributed by atoms with Gasteiger partial charge in [0.05, 0.1) is 12.1 Å². The number of amides is 2. The number of benzene rings is 2. The van der Waals surface area contributed by atoms with E-state index in [0.29, 0.717) is 6.07 Å². The van der Waals surface area contributed by atoms with E-state index in [1.165, 1.54) is 0 Å². The molecule has 0 fully saturated rings. The van der Waals surface area contributed by atoms with Crippen molar-refractivity contribution in [3.63, 3.8) is 0 Å². The third-order valence-electron chi connectivity index (χ3n) is 3.21. The Hall–Kier alpha value is -3.29. The van der Waals surface area contributed by atoms with Crippen LogP contribution in [0, 0.1) is 11.6 Å². The second-order valence-electron chi connectivity index (χ2n) is 5.27. The lowest BCUT2D eigenvalue weighted by Crippen LogP contribution is -2.33. The molecule has 6 nitrogen and oxygen atoms in total. The van der Waals surface area contributed by atoms with Gasteiger partial charge in [0, 0.05) is 6.07 Å². The molecule has 2 aromatic rings. The first-order chi connectivity index (χ1) is 12.4. The predicted octanol–water partition coefficient (Wildman–Crippen LogP) is 1.81. The van der Waals surface area contributed by atoms with Gasteiger partial charge in [-0.05, 0) is 17.7 Å². The summed E-state index contributed by atoms with van der Waals surface area (Å²) in [4.78, 5) is 34.8. The van der Waals surface area contributed by atoms with Crippen molar-refractivity contribution in [1.82, 2.24) is 5.32 Å². The number of ether oxygens (including phenoxy) is 1. The molecule has 2 rings (SSSR count). The molecule has 0 aliphatic heterocycles. The Morgan fingerprint density at radius 3 is 2.38 bits per heavy atom. The van der Waals surface area contributed by atoms with Crippen molar-refractivity contribution in [2.45, 2.75) is 6.42 Å². The van der Waals surface area contributed by atoms with E-state index in [1.54, 1.807) is 24.3 Å². The van der Waals surface area contributed by atoms with Gasteiger partial charge in [-0.2, -0.15) is 0 Å². The van der Waals surface area contributed by atoms with Crippen molar-refractivity contribution >= 4 is 23.5 Å². The molecule has 0 unspecified atom stereocenters. The number of halogens is 2. The molecule has 0 heterocycles. The second-order valence-corrected chi connectivity index (χ2v) is 5.27. The van der Waals surface area contributed by atoms with E-state index in [-0.39, 0.29) is 18.0 Å². The van der Waals surface area contributed by atoms with Crippen LogP contribution in [-0.2, 0) is 25.5 Å². The normalized spacial score (nSPS) is 10.1. The van der Waals surface area contributed by atoms with Crippen molar-refractivity contribution in [3.8, 4) is 0 Å². The fourth-order valence-corrected chi connectivity index (χ4v) is 1.99. The standard InChI is InChI=1S/C18H16F2N2O4/c19-13-6-7-15(14(20)9-13)22-17(24)11-26-18(25)10-21-16(23)8-12-4-2-1-3-5-12/h1-7,9H,8,10-11H2,(H,21,23)(H,22,24). The molecule has 2 N–H and O–H groups in total. The average molecular weight is 362 g/mol. The maximum absolute atomic E-state index is 13.4. The first-order valence-electron chi connectivity index (χ1n) is 7.65. The maximum atomic E-state index is 13.4. The summed E-state index contributed by atoms with van der Waals surface area (Å²) in [5.41, 5.74) is 0.558. The number of nitrogens with one attached hydrogen (secondary N) is 2. The number of hydrogen-bond acceptors (Lipinski definition) is 4. The van der Waals surface area contributed by atoms with E-state index >= 15 is 0 Å². The van der Waals surface area contributed by atoms with Crippen LogP contribution in [0.5, 0.6) is 0 Å². The molecule has 2 aromatic carbocycles. The lowest BCUT2D eigenvalue weighted by molar-refractivity contribution is -0.147. The molecule has 0 saturated carbocycles. The third kappa shape index (κ3) is 6.31. The molecular formula is C18H16F2N2O4. The molecule has 26 heavy (non-hydrogen) atoms. The highest BCUT2D eigenvalue weighted by atomic mass is 19.1. The van der Waals surface area contributed by atoms with Crippen LogP contribution >= 0.6 is 0 Å². The summed E-state index contributed by atoms with van der Waals surface area (Å²) in [5, 5.41) is 4.52. The van der Waals surface area contributed by atoms with Gasteiger partial charge < -0.3 is 15.4 Å². The van der Waals surface area contributed by atoms with Crippen LogP contribution in [0.3, 0.4) is 0 Å². The predicted molar refractivity (Wildman–Crippen MR) is 89.1 cm³/mol. The zero-order valence-corrected chi connectivity index (χ0v) is 13.6. The Bertz CT molecular complexity index is 797. The minimum absolute atomic E-state index is 0.110. The summed E-state index contributed by atoms with van der Waals surface area (Å²) in [7, 11) is 0. The van der Waals surface area contributed by atoms with Gasteiger partial charge in [0.25, 0.3) is 5.91 Å². The van der Waals surface area contributed by atoms with Gasteiger partial charge in [0.2, 0.25) is 5.91 Å². The maximum Gasteiger partial charge on any atom is 0.325 e. The number of esters is 1. The van der Waals surface area contributed by atoms with E-state index in [0.717, 1.165) is 17.7 Å². The Balaban J connectivity index is 1.69. The van der Waals surface area contributed by atoms with Crippen molar-refractivity contribution in [2.24, 2.45) is 0 Å². The summed E-state index contributed by atoms with van der Waals surface area (Å²) in [6, 6.07) is 11.6. The topological polar surface area (TPSA) is 84.5 Å². The smallest absolute Gasteiger partial charge is 0.325 e. The van der Waals surface area contributed by atoms with Crippen LogP contribution in [0.1, 0.15) is 5.56 Å². The molecule has 0 radical (unpaired) electrons. The van der Waals surface area contributed by atoms with Crippen molar-refractivity contribution in [3.05, 3.63) is 65.7 Å². The fourth-order valence-electron chi connectivity index (χ4n) is 1.99. The van der Waals surface area contributed by atoms with E-state index in [2.05, 4.69) is 15.4 Å². The Morgan fingerprint density at radius 1 is 0.962 bits per heavy atom. The first-order valence-corrected chi connectivity index (χ1v) is 7.65. The van der Waals surface area contributed by atoms with Crippen molar-refractivity contribution < 1.29 is 27.9 Å². The van der Waals surface area contributed by atoms with Gasteiger partial charge in [-0.1, -0.05) is 30.3 Å². The van der Waals surface area contributed by atoms with Crippen LogP contribution in [0.15, 0.2) is 48.5 Å². The molecule has 136 valence electrons. The Labute approximate surface area is 148 Å². The van der Waals surface area contributed by atoms with Crippen LogP contribution in [0.4, 0.5) is 14.5 Å². The van der Waals surface area contributed by atoms with E-state index < -0.39 is 36.7 Å². The molecule has 0 bridgehead atoms. The molecule has 0 aliphatic rings. The highest BCUT2D eigenvalue weighted by molar-refractivity contribution is 5.93. The first kappa shape index (κ1) is 19.0. The molecule has 0 spiro atoms. The van der Waals surface area contributed by atoms with Gasteiger partial charge in [0.15, 0.2) is 6.61 Å². The number of carbonyl (C=O) groups is 3. The van der Waals surface area contributed by atoms with Crippen LogP contribution in [0.2, 0.25) is 0 Å². The number of carbonyl (C=O) groups excluding carboxylic acids is 3. The van der Waals surface area contributed by atoms with Gasteiger partial charge in [-0.25, -0.2) is 8.78 Å². The lowest BCUT2D eigenvalue weighted by atomic mass is 10.1. The molecule has 2 amide bonds.